The lowest BCUT2D eigenvalue weighted by molar-refractivity contribution is 0.551. The van der Waals surface area contributed by atoms with Gasteiger partial charge in [0.1, 0.15) is 3.70 Å². The summed E-state index contributed by atoms with van der Waals surface area (Å²) < 4.78 is 3.42. The van der Waals surface area contributed by atoms with Crippen LogP contribution in [0.4, 0.5) is 0 Å². The van der Waals surface area contributed by atoms with Crippen molar-refractivity contribution in [1.29, 1.82) is 0 Å². The van der Waals surface area contributed by atoms with Gasteiger partial charge >= 0.3 is 0 Å². The van der Waals surface area contributed by atoms with Crippen molar-refractivity contribution in [3.05, 3.63) is 15.5 Å². The van der Waals surface area contributed by atoms with Crippen molar-refractivity contribution < 1.29 is 0 Å². The molecular formula is C8H11IN2. The van der Waals surface area contributed by atoms with Crippen molar-refractivity contribution in [1.82, 2.24) is 9.78 Å². The number of rotatable bonds is 2. The van der Waals surface area contributed by atoms with Crippen LogP contribution < -0.4 is 0 Å². The molecule has 0 radical (unpaired) electrons. The minimum Gasteiger partial charge on any atom is -0.259 e. The predicted molar refractivity (Wildman–Crippen MR) is 52.4 cm³/mol. The Morgan fingerprint density at radius 3 is 2.91 bits per heavy atom. The van der Waals surface area contributed by atoms with E-state index in [1.165, 1.54) is 22.1 Å². The molecule has 0 atom stereocenters. The molecule has 0 bridgehead atoms. The van der Waals surface area contributed by atoms with Gasteiger partial charge in [-0.2, -0.15) is 5.10 Å². The standard InChI is InChI=1S/C8H11IN2/c1-6-4-10-11(8(6)9)5-7-2-3-7/h4,7H,2-3,5H2,1H3. The number of halogens is 1. The lowest BCUT2D eigenvalue weighted by atomic mass is 10.4. The van der Waals surface area contributed by atoms with Crippen molar-refractivity contribution in [3.63, 3.8) is 0 Å². The molecule has 0 unspecified atom stereocenters. The topological polar surface area (TPSA) is 17.8 Å². The van der Waals surface area contributed by atoms with Gasteiger partial charge in [0.05, 0.1) is 6.20 Å². The highest BCUT2D eigenvalue weighted by molar-refractivity contribution is 14.1. The van der Waals surface area contributed by atoms with Crippen molar-refractivity contribution in [2.45, 2.75) is 26.3 Å². The maximum atomic E-state index is 4.30. The molecular weight excluding hydrogens is 251 g/mol. The van der Waals surface area contributed by atoms with Crippen LogP contribution in [0.15, 0.2) is 6.20 Å². The summed E-state index contributed by atoms with van der Waals surface area (Å²) in [6.07, 6.45) is 4.74. The molecule has 0 aromatic carbocycles. The summed E-state index contributed by atoms with van der Waals surface area (Å²) in [7, 11) is 0. The molecule has 1 aromatic rings. The highest BCUT2D eigenvalue weighted by Gasteiger charge is 2.22. The molecule has 0 amide bonds. The molecule has 1 aliphatic rings. The molecule has 1 heterocycles. The van der Waals surface area contributed by atoms with Gasteiger partial charge in [-0.1, -0.05) is 0 Å². The summed E-state index contributed by atoms with van der Waals surface area (Å²) in [6, 6.07) is 0. The molecule has 0 spiro atoms. The Morgan fingerprint density at radius 2 is 2.45 bits per heavy atom. The molecule has 1 aromatic heterocycles. The summed E-state index contributed by atoms with van der Waals surface area (Å²) in [5.41, 5.74) is 1.30. The normalized spacial score (nSPS) is 17.3. The molecule has 1 fully saturated rings. The third kappa shape index (κ3) is 1.58. The SMILES string of the molecule is Cc1cnn(CC2CC2)c1I. The molecule has 2 nitrogen and oxygen atoms in total. The Kier molecular flexibility index (Phi) is 1.91. The van der Waals surface area contributed by atoms with Gasteiger partial charge < -0.3 is 0 Å². The van der Waals surface area contributed by atoms with E-state index < -0.39 is 0 Å². The molecule has 11 heavy (non-hydrogen) atoms. The summed E-state index contributed by atoms with van der Waals surface area (Å²) in [6.45, 7) is 3.24. The van der Waals surface area contributed by atoms with E-state index in [1.54, 1.807) is 0 Å². The first-order valence-corrected chi connectivity index (χ1v) is 5.03. The second-order valence-electron chi connectivity index (χ2n) is 3.24. The Bertz CT molecular complexity index is 263. The molecule has 1 saturated carbocycles. The van der Waals surface area contributed by atoms with Crippen LogP contribution in [0.25, 0.3) is 0 Å². The van der Waals surface area contributed by atoms with E-state index >= 15 is 0 Å². The number of aryl methyl sites for hydroxylation is 1. The van der Waals surface area contributed by atoms with Crippen LogP contribution in [0.2, 0.25) is 0 Å². The van der Waals surface area contributed by atoms with E-state index in [-0.39, 0.29) is 0 Å². The highest BCUT2D eigenvalue weighted by Crippen LogP contribution is 2.31. The highest BCUT2D eigenvalue weighted by atomic mass is 127. The number of hydrogen-bond acceptors (Lipinski definition) is 1. The zero-order chi connectivity index (χ0) is 7.84. The minimum absolute atomic E-state index is 0.919. The van der Waals surface area contributed by atoms with Crippen LogP contribution >= 0.6 is 22.6 Å². The van der Waals surface area contributed by atoms with Gasteiger partial charge in [-0.05, 0) is 48.3 Å². The molecule has 2 rings (SSSR count). The fraction of sp³-hybridized carbons (Fsp3) is 0.625. The van der Waals surface area contributed by atoms with Gasteiger partial charge in [-0.15, -0.1) is 0 Å². The summed E-state index contributed by atoms with van der Waals surface area (Å²) in [4.78, 5) is 0. The van der Waals surface area contributed by atoms with Gasteiger partial charge in [0, 0.05) is 12.1 Å². The Morgan fingerprint density at radius 1 is 1.73 bits per heavy atom. The fourth-order valence-corrected chi connectivity index (χ4v) is 1.60. The maximum absolute atomic E-state index is 4.30. The average Bonchev–Trinajstić information content (AvgIpc) is 2.74. The maximum Gasteiger partial charge on any atom is 0.102 e. The van der Waals surface area contributed by atoms with Crippen molar-refractivity contribution in [2.75, 3.05) is 0 Å². The third-order valence-electron chi connectivity index (χ3n) is 2.07. The van der Waals surface area contributed by atoms with Gasteiger partial charge in [0.2, 0.25) is 0 Å². The Hall–Kier alpha value is -0.0600. The molecule has 0 saturated heterocycles. The van der Waals surface area contributed by atoms with E-state index in [0.717, 1.165) is 12.5 Å². The zero-order valence-electron chi connectivity index (χ0n) is 6.55. The van der Waals surface area contributed by atoms with E-state index in [2.05, 4.69) is 39.3 Å². The van der Waals surface area contributed by atoms with Gasteiger partial charge in [0.15, 0.2) is 0 Å². The molecule has 1 aliphatic carbocycles. The monoisotopic (exact) mass is 262 g/mol. The molecule has 0 aliphatic heterocycles. The number of aromatic nitrogens is 2. The first-order chi connectivity index (χ1) is 5.27. The van der Waals surface area contributed by atoms with Crippen LogP contribution in [0.1, 0.15) is 18.4 Å². The quantitative estimate of drug-likeness (QED) is 0.747. The molecule has 60 valence electrons. The predicted octanol–water partition coefficient (Wildman–Crippen LogP) is 2.21. The van der Waals surface area contributed by atoms with Crippen molar-refractivity contribution in [3.8, 4) is 0 Å². The summed E-state index contributed by atoms with van der Waals surface area (Å²) in [5, 5.41) is 4.30. The second kappa shape index (κ2) is 2.77. The van der Waals surface area contributed by atoms with Crippen molar-refractivity contribution in [2.24, 2.45) is 5.92 Å². The van der Waals surface area contributed by atoms with Crippen molar-refractivity contribution >= 4 is 22.6 Å². The molecule has 3 heteroatoms. The van der Waals surface area contributed by atoms with Gasteiger partial charge in [-0.3, -0.25) is 4.68 Å². The Labute approximate surface area is 80.1 Å². The summed E-state index contributed by atoms with van der Waals surface area (Å²) in [5.74, 6) is 0.919. The smallest absolute Gasteiger partial charge is 0.102 e. The largest absolute Gasteiger partial charge is 0.259 e. The first-order valence-electron chi connectivity index (χ1n) is 3.95. The number of hydrogen-bond donors (Lipinski definition) is 0. The zero-order valence-corrected chi connectivity index (χ0v) is 8.71. The van der Waals surface area contributed by atoms with Crippen LogP contribution in [-0.2, 0) is 6.54 Å². The van der Waals surface area contributed by atoms with E-state index in [0.29, 0.717) is 0 Å². The number of nitrogens with zero attached hydrogens (tertiary/aromatic N) is 2. The van der Waals surface area contributed by atoms with E-state index in [4.69, 9.17) is 0 Å². The third-order valence-corrected chi connectivity index (χ3v) is 3.48. The second-order valence-corrected chi connectivity index (χ2v) is 4.27. The lowest BCUT2D eigenvalue weighted by Gasteiger charge is -2.00. The van der Waals surface area contributed by atoms with Crippen LogP contribution in [0.3, 0.4) is 0 Å². The molecule has 0 N–H and O–H groups in total. The van der Waals surface area contributed by atoms with Crippen LogP contribution in [0, 0.1) is 16.5 Å². The van der Waals surface area contributed by atoms with Gasteiger partial charge in [-0.25, -0.2) is 0 Å². The first kappa shape index (κ1) is 7.58. The Balaban J connectivity index is 2.15. The van der Waals surface area contributed by atoms with Gasteiger partial charge in [0.25, 0.3) is 0 Å². The van der Waals surface area contributed by atoms with Crippen LogP contribution in [0.5, 0.6) is 0 Å². The van der Waals surface area contributed by atoms with Crippen LogP contribution in [-0.4, -0.2) is 9.78 Å². The van der Waals surface area contributed by atoms with E-state index in [9.17, 15) is 0 Å². The lowest BCUT2D eigenvalue weighted by Crippen LogP contribution is -2.03. The van der Waals surface area contributed by atoms with E-state index in [1.807, 2.05) is 6.20 Å². The fourth-order valence-electron chi connectivity index (χ4n) is 1.14. The summed E-state index contributed by atoms with van der Waals surface area (Å²) >= 11 is 2.36. The minimum atomic E-state index is 0.919. The average molecular weight is 262 g/mol.